The summed E-state index contributed by atoms with van der Waals surface area (Å²) in [7, 11) is 1.72. The summed E-state index contributed by atoms with van der Waals surface area (Å²) < 4.78 is 0. The van der Waals surface area contributed by atoms with E-state index in [0.29, 0.717) is 6.54 Å². The van der Waals surface area contributed by atoms with Gasteiger partial charge in [-0.2, -0.15) is 0 Å². The van der Waals surface area contributed by atoms with Crippen molar-refractivity contribution in [3.8, 4) is 0 Å². The van der Waals surface area contributed by atoms with Gasteiger partial charge in [0.25, 0.3) is 0 Å². The summed E-state index contributed by atoms with van der Waals surface area (Å²) in [5.41, 5.74) is -0.575. The fourth-order valence-corrected chi connectivity index (χ4v) is 0.575. The highest BCUT2D eigenvalue weighted by molar-refractivity contribution is 5.85. The van der Waals surface area contributed by atoms with Crippen molar-refractivity contribution >= 4 is 5.91 Å². The van der Waals surface area contributed by atoms with Crippen LogP contribution in [0.4, 0.5) is 0 Å². The molecule has 0 spiro atoms. The molecule has 12 heavy (non-hydrogen) atoms. The van der Waals surface area contributed by atoms with E-state index in [2.05, 4.69) is 10.6 Å². The van der Waals surface area contributed by atoms with Crippen molar-refractivity contribution in [2.45, 2.75) is 32.4 Å². The smallest absolute Gasteiger partial charge is 0.239 e. The average molecular weight is 174 g/mol. The molecule has 1 unspecified atom stereocenters. The first-order valence-corrected chi connectivity index (χ1v) is 4.05. The van der Waals surface area contributed by atoms with Gasteiger partial charge in [-0.15, -0.1) is 0 Å². The van der Waals surface area contributed by atoms with Crippen molar-refractivity contribution in [3.63, 3.8) is 0 Å². The van der Waals surface area contributed by atoms with Gasteiger partial charge in [-0.3, -0.25) is 4.79 Å². The number of aliphatic hydroxyl groups excluding tert-OH is 1. The highest BCUT2D eigenvalue weighted by atomic mass is 16.3. The number of hydrogen-bond acceptors (Lipinski definition) is 3. The van der Waals surface area contributed by atoms with Crippen molar-refractivity contribution < 1.29 is 9.90 Å². The van der Waals surface area contributed by atoms with E-state index in [9.17, 15) is 4.79 Å². The van der Waals surface area contributed by atoms with E-state index in [0.717, 1.165) is 0 Å². The molecule has 72 valence electrons. The minimum absolute atomic E-state index is 0.106. The Kier molecular flexibility index (Phi) is 4.20. The molecule has 0 heterocycles. The predicted molar refractivity (Wildman–Crippen MR) is 47.8 cm³/mol. The third-order valence-corrected chi connectivity index (χ3v) is 1.75. The Bertz CT molecular complexity index is 155. The van der Waals surface area contributed by atoms with Gasteiger partial charge >= 0.3 is 0 Å². The molecular formula is C8H18N2O2. The Morgan fingerprint density at radius 2 is 2.08 bits per heavy atom. The maximum atomic E-state index is 11.3. The quantitative estimate of drug-likeness (QED) is 0.537. The maximum Gasteiger partial charge on any atom is 0.239 e. The van der Waals surface area contributed by atoms with E-state index >= 15 is 0 Å². The predicted octanol–water partition coefficient (Wildman–Crippen LogP) is -0.519. The highest BCUT2D eigenvalue weighted by Crippen LogP contribution is 1.99. The summed E-state index contributed by atoms with van der Waals surface area (Å²) in [6, 6.07) is 0. The Labute approximate surface area is 73.3 Å². The van der Waals surface area contributed by atoms with E-state index in [4.69, 9.17) is 5.11 Å². The molecule has 3 N–H and O–H groups in total. The van der Waals surface area contributed by atoms with Crippen molar-refractivity contribution in [2.75, 3.05) is 13.6 Å². The molecular weight excluding hydrogens is 156 g/mol. The van der Waals surface area contributed by atoms with Gasteiger partial charge in [0.05, 0.1) is 11.6 Å². The summed E-state index contributed by atoms with van der Waals surface area (Å²) in [4.78, 5) is 11.3. The zero-order valence-electron chi connectivity index (χ0n) is 8.14. The molecule has 0 aromatic heterocycles. The molecule has 4 heteroatoms. The molecule has 0 rings (SSSR count). The van der Waals surface area contributed by atoms with Gasteiger partial charge in [0.15, 0.2) is 0 Å². The maximum absolute atomic E-state index is 11.3. The lowest BCUT2D eigenvalue weighted by Crippen LogP contribution is -2.52. The second kappa shape index (κ2) is 4.42. The zero-order chi connectivity index (χ0) is 9.78. The van der Waals surface area contributed by atoms with Gasteiger partial charge in [0.2, 0.25) is 5.91 Å². The minimum atomic E-state index is -0.575. The molecule has 0 saturated carbocycles. The molecule has 0 saturated heterocycles. The molecule has 0 aliphatic heterocycles. The fourth-order valence-electron chi connectivity index (χ4n) is 0.575. The second-order valence-corrected chi connectivity index (χ2v) is 3.43. The van der Waals surface area contributed by atoms with Crippen LogP contribution in [0, 0.1) is 0 Å². The van der Waals surface area contributed by atoms with Crippen LogP contribution in [0.1, 0.15) is 20.8 Å². The molecule has 0 radical (unpaired) electrons. The van der Waals surface area contributed by atoms with Crippen LogP contribution in [0.2, 0.25) is 0 Å². The Balaban J connectivity index is 3.88. The molecule has 0 bridgehead atoms. The van der Waals surface area contributed by atoms with E-state index < -0.39 is 11.6 Å². The van der Waals surface area contributed by atoms with Crippen LogP contribution in [0.3, 0.4) is 0 Å². The highest BCUT2D eigenvalue weighted by Gasteiger charge is 2.24. The van der Waals surface area contributed by atoms with Crippen LogP contribution in [0.5, 0.6) is 0 Å². The van der Waals surface area contributed by atoms with Crippen molar-refractivity contribution in [2.24, 2.45) is 0 Å². The lowest BCUT2D eigenvalue weighted by Gasteiger charge is -2.23. The molecule has 1 amide bonds. The molecule has 4 nitrogen and oxygen atoms in total. The van der Waals surface area contributed by atoms with E-state index in [1.807, 2.05) is 0 Å². The molecule has 0 aromatic rings. The fraction of sp³-hybridized carbons (Fsp3) is 0.875. The average Bonchev–Trinajstić information content (AvgIpc) is 2.00. The standard InChI is InChI=1S/C8H18N2O2/c1-6(11)5-10-7(12)8(2,3)9-4/h6,9,11H,5H2,1-4H3,(H,10,12). The zero-order valence-corrected chi connectivity index (χ0v) is 8.14. The van der Waals surface area contributed by atoms with Crippen LogP contribution in [0.25, 0.3) is 0 Å². The minimum Gasteiger partial charge on any atom is -0.392 e. The van der Waals surface area contributed by atoms with Crippen molar-refractivity contribution in [1.82, 2.24) is 10.6 Å². The van der Waals surface area contributed by atoms with Crippen molar-refractivity contribution in [3.05, 3.63) is 0 Å². The van der Waals surface area contributed by atoms with Crippen LogP contribution in [-0.4, -0.2) is 36.2 Å². The Morgan fingerprint density at radius 1 is 1.58 bits per heavy atom. The summed E-state index contributed by atoms with van der Waals surface area (Å²) in [5, 5.41) is 14.4. The first-order valence-electron chi connectivity index (χ1n) is 4.05. The van der Waals surface area contributed by atoms with Gasteiger partial charge in [0, 0.05) is 6.54 Å². The summed E-state index contributed by atoms with van der Waals surface area (Å²) in [5.74, 6) is -0.106. The monoisotopic (exact) mass is 174 g/mol. The van der Waals surface area contributed by atoms with Gasteiger partial charge < -0.3 is 15.7 Å². The van der Waals surface area contributed by atoms with E-state index in [1.165, 1.54) is 0 Å². The molecule has 1 atom stereocenters. The number of aliphatic hydroxyl groups is 1. The van der Waals surface area contributed by atoms with E-state index in [-0.39, 0.29) is 5.91 Å². The molecule has 0 aliphatic carbocycles. The number of hydrogen-bond donors (Lipinski definition) is 3. The van der Waals surface area contributed by atoms with Crippen molar-refractivity contribution in [1.29, 1.82) is 0 Å². The number of carbonyl (C=O) groups is 1. The number of amides is 1. The summed E-state index contributed by atoms with van der Waals surface area (Å²) >= 11 is 0. The molecule has 0 aliphatic rings. The number of carbonyl (C=O) groups excluding carboxylic acids is 1. The third-order valence-electron chi connectivity index (χ3n) is 1.75. The van der Waals surface area contributed by atoms with Gasteiger partial charge in [0.1, 0.15) is 0 Å². The lowest BCUT2D eigenvalue weighted by molar-refractivity contribution is -0.126. The number of rotatable bonds is 4. The van der Waals surface area contributed by atoms with Crippen LogP contribution in [0.15, 0.2) is 0 Å². The number of nitrogens with one attached hydrogen (secondary N) is 2. The Morgan fingerprint density at radius 3 is 2.42 bits per heavy atom. The largest absolute Gasteiger partial charge is 0.392 e. The van der Waals surface area contributed by atoms with Crippen LogP contribution < -0.4 is 10.6 Å². The first-order chi connectivity index (χ1) is 5.40. The summed E-state index contributed by atoms with van der Waals surface area (Å²) in [6.07, 6.45) is -0.499. The topological polar surface area (TPSA) is 61.4 Å². The Hall–Kier alpha value is -0.610. The first kappa shape index (κ1) is 11.4. The van der Waals surface area contributed by atoms with Crippen LogP contribution in [-0.2, 0) is 4.79 Å². The van der Waals surface area contributed by atoms with E-state index in [1.54, 1.807) is 27.8 Å². The second-order valence-electron chi connectivity index (χ2n) is 3.43. The summed E-state index contributed by atoms with van der Waals surface area (Å²) in [6.45, 7) is 5.49. The molecule has 0 aromatic carbocycles. The van der Waals surface area contributed by atoms with Gasteiger partial charge in [-0.25, -0.2) is 0 Å². The molecule has 0 fully saturated rings. The normalized spacial score (nSPS) is 14.1. The van der Waals surface area contributed by atoms with Gasteiger partial charge in [-0.05, 0) is 27.8 Å². The van der Waals surface area contributed by atoms with Crippen LogP contribution >= 0.6 is 0 Å². The van der Waals surface area contributed by atoms with Gasteiger partial charge in [-0.1, -0.05) is 0 Å². The number of likely N-dealkylation sites (N-methyl/N-ethyl adjacent to an activating group) is 1. The third kappa shape index (κ3) is 3.69. The lowest BCUT2D eigenvalue weighted by atomic mass is 10.1. The SMILES string of the molecule is CNC(C)(C)C(=O)NCC(C)O.